The summed E-state index contributed by atoms with van der Waals surface area (Å²) in [7, 11) is 0. The number of nitrogens with one attached hydrogen (secondary N) is 1. The van der Waals surface area contributed by atoms with Crippen LogP contribution in [0.5, 0.6) is 5.75 Å². The molecule has 1 aliphatic heterocycles. The fourth-order valence-electron chi connectivity index (χ4n) is 2.91. The molecule has 4 nitrogen and oxygen atoms in total. The third-order valence-corrected chi connectivity index (χ3v) is 4.21. The molecule has 0 bridgehead atoms. The largest absolute Gasteiger partial charge is 0.480 e. The Morgan fingerprint density at radius 1 is 1.30 bits per heavy atom. The van der Waals surface area contributed by atoms with E-state index in [1.807, 2.05) is 49.4 Å². The van der Waals surface area contributed by atoms with Crippen LogP contribution in [-0.2, 0) is 9.53 Å². The number of amides is 1. The van der Waals surface area contributed by atoms with Gasteiger partial charge in [0.2, 0.25) is 0 Å². The van der Waals surface area contributed by atoms with Gasteiger partial charge in [-0.2, -0.15) is 0 Å². The average molecular weight is 313 g/mol. The summed E-state index contributed by atoms with van der Waals surface area (Å²) in [5.74, 6) is 0.679. The second-order valence-electron chi connectivity index (χ2n) is 5.87. The molecule has 4 heteroatoms. The monoisotopic (exact) mass is 313 g/mol. The van der Waals surface area contributed by atoms with Crippen LogP contribution in [0.25, 0.3) is 10.8 Å². The molecular formula is C19H23NO3. The second kappa shape index (κ2) is 7.47. The van der Waals surface area contributed by atoms with Crippen molar-refractivity contribution in [3.8, 4) is 5.75 Å². The predicted molar refractivity (Wildman–Crippen MR) is 90.6 cm³/mol. The van der Waals surface area contributed by atoms with Crippen molar-refractivity contribution in [1.29, 1.82) is 0 Å². The van der Waals surface area contributed by atoms with Crippen LogP contribution in [0.15, 0.2) is 42.5 Å². The van der Waals surface area contributed by atoms with E-state index in [4.69, 9.17) is 9.47 Å². The Morgan fingerprint density at radius 3 is 2.91 bits per heavy atom. The topological polar surface area (TPSA) is 47.6 Å². The van der Waals surface area contributed by atoms with Gasteiger partial charge in [-0.1, -0.05) is 43.3 Å². The zero-order valence-corrected chi connectivity index (χ0v) is 13.5. The summed E-state index contributed by atoms with van der Waals surface area (Å²) >= 11 is 0. The van der Waals surface area contributed by atoms with Gasteiger partial charge in [0, 0.05) is 18.5 Å². The van der Waals surface area contributed by atoms with E-state index in [1.54, 1.807) is 0 Å². The van der Waals surface area contributed by atoms with E-state index in [2.05, 4.69) is 5.32 Å². The molecule has 2 aromatic rings. The van der Waals surface area contributed by atoms with Crippen LogP contribution in [0.3, 0.4) is 0 Å². The molecule has 1 N–H and O–H groups in total. The lowest BCUT2D eigenvalue weighted by atomic mass is 10.1. The molecule has 1 amide bonds. The second-order valence-corrected chi connectivity index (χ2v) is 5.87. The Morgan fingerprint density at radius 2 is 2.13 bits per heavy atom. The summed E-state index contributed by atoms with van der Waals surface area (Å²) < 4.78 is 11.5. The van der Waals surface area contributed by atoms with Gasteiger partial charge in [-0.15, -0.1) is 0 Å². The molecular weight excluding hydrogens is 290 g/mol. The summed E-state index contributed by atoms with van der Waals surface area (Å²) in [6, 6.07) is 13.9. The van der Waals surface area contributed by atoms with E-state index >= 15 is 0 Å². The first-order chi connectivity index (χ1) is 11.3. The molecule has 2 atom stereocenters. The quantitative estimate of drug-likeness (QED) is 0.890. The molecule has 0 aliphatic carbocycles. The molecule has 2 aromatic carbocycles. The van der Waals surface area contributed by atoms with Crippen LogP contribution in [0.1, 0.15) is 26.2 Å². The highest BCUT2D eigenvalue weighted by Crippen LogP contribution is 2.26. The van der Waals surface area contributed by atoms with Crippen molar-refractivity contribution < 1.29 is 14.3 Å². The molecule has 1 fully saturated rings. The van der Waals surface area contributed by atoms with Gasteiger partial charge >= 0.3 is 0 Å². The Kier molecular flexibility index (Phi) is 5.13. The van der Waals surface area contributed by atoms with E-state index < -0.39 is 6.10 Å². The van der Waals surface area contributed by atoms with Crippen LogP contribution >= 0.6 is 0 Å². The highest BCUT2D eigenvalue weighted by molar-refractivity contribution is 5.89. The van der Waals surface area contributed by atoms with Crippen molar-refractivity contribution in [2.45, 2.75) is 38.4 Å². The molecule has 1 aliphatic rings. The van der Waals surface area contributed by atoms with Gasteiger partial charge in [0.1, 0.15) is 5.75 Å². The molecule has 1 saturated heterocycles. The minimum absolute atomic E-state index is 0.0732. The lowest BCUT2D eigenvalue weighted by molar-refractivity contribution is -0.128. The number of ether oxygens (including phenoxy) is 2. The first-order valence-corrected chi connectivity index (χ1v) is 8.31. The van der Waals surface area contributed by atoms with Crippen LogP contribution in [0.4, 0.5) is 0 Å². The smallest absolute Gasteiger partial charge is 0.261 e. The molecule has 122 valence electrons. The van der Waals surface area contributed by atoms with Gasteiger partial charge in [-0.05, 0) is 30.7 Å². The normalized spacial score (nSPS) is 18.7. The molecule has 0 spiro atoms. The molecule has 3 rings (SSSR count). The Bertz CT molecular complexity index is 659. The fourth-order valence-corrected chi connectivity index (χ4v) is 2.91. The summed E-state index contributed by atoms with van der Waals surface area (Å²) in [6.45, 7) is 3.32. The van der Waals surface area contributed by atoms with Gasteiger partial charge in [0.15, 0.2) is 6.10 Å². The average Bonchev–Trinajstić information content (AvgIpc) is 3.11. The SMILES string of the molecule is CCC(Oc1cccc2ccccc12)C(=O)NCC1CCCO1. The standard InChI is InChI=1S/C19H23NO3/c1-2-17(19(21)20-13-15-9-6-12-22-15)23-18-11-5-8-14-7-3-4-10-16(14)18/h3-5,7-8,10-11,15,17H,2,6,9,12-13H2,1H3,(H,20,21). The van der Waals surface area contributed by atoms with Crippen molar-refractivity contribution >= 4 is 16.7 Å². The molecule has 23 heavy (non-hydrogen) atoms. The van der Waals surface area contributed by atoms with Gasteiger partial charge < -0.3 is 14.8 Å². The van der Waals surface area contributed by atoms with E-state index in [-0.39, 0.29) is 12.0 Å². The van der Waals surface area contributed by atoms with Crippen LogP contribution in [-0.4, -0.2) is 31.3 Å². The first-order valence-electron chi connectivity index (χ1n) is 8.31. The lowest BCUT2D eigenvalue weighted by Gasteiger charge is -2.19. The zero-order chi connectivity index (χ0) is 16.1. The van der Waals surface area contributed by atoms with Gasteiger partial charge in [-0.3, -0.25) is 4.79 Å². The third kappa shape index (κ3) is 3.82. The number of fused-ring (bicyclic) bond motifs is 1. The molecule has 2 unspecified atom stereocenters. The summed E-state index contributed by atoms with van der Waals surface area (Å²) in [5.41, 5.74) is 0. The van der Waals surface area contributed by atoms with E-state index in [0.717, 1.165) is 36.0 Å². The van der Waals surface area contributed by atoms with Crippen molar-refractivity contribution in [2.75, 3.05) is 13.2 Å². The van der Waals surface area contributed by atoms with Crippen LogP contribution < -0.4 is 10.1 Å². The highest BCUT2D eigenvalue weighted by Gasteiger charge is 2.22. The van der Waals surface area contributed by atoms with Crippen LogP contribution in [0.2, 0.25) is 0 Å². The van der Waals surface area contributed by atoms with Crippen molar-refractivity contribution in [2.24, 2.45) is 0 Å². The maximum atomic E-state index is 12.4. The minimum atomic E-state index is -0.484. The van der Waals surface area contributed by atoms with Crippen molar-refractivity contribution in [3.63, 3.8) is 0 Å². The summed E-state index contributed by atoms with van der Waals surface area (Å²) in [6.07, 6.45) is 2.38. The Hall–Kier alpha value is -2.07. The number of hydrogen-bond donors (Lipinski definition) is 1. The van der Waals surface area contributed by atoms with Gasteiger partial charge in [-0.25, -0.2) is 0 Å². The van der Waals surface area contributed by atoms with Gasteiger partial charge in [0.25, 0.3) is 5.91 Å². The first kappa shape index (κ1) is 15.8. The molecule has 0 saturated carbocycles. The van der Waals surface area contributed by atoms with E-state index in [9.17, 15) is 4.79 Å². The Balaban J connectivity index is 1.66. The summed E-state index contributed by atoms with van der Waals surface area (Å²) in [4.78, 5) is 12.4. The Labute approximate surface area is 136 Å². The zero-order valence-electron chi connectivity index (χ0n) is 13.5. The van der Waals surface area contributed by atoms with E-state index in [1.165, 1.54) is 0 Å². The van der Waals surface area contributed by atoms with E-state index in [0.29, 0.717) is 13.0 Å². The number of rotatable bonds is 6. The fraction of sp³-hybridized carbons (Fsp3) is 0.421. The number of benzene rings is 2. The number of carbonyl (C=O) groups is 1. The molecule has 1 heterocycles. The maximum absolute atomic E-state index is 12.4. The lowest BCUT2D eigenvalue weighted by Crippen LogP contribution is -2.41. The van der Waals surface area contributed by atoms with Crippen LogP contribution in [0, 0.1) is 0 Å². The number of carbonyl (C=O) groups excluding carboxylic acids is 1. The summed E-state index contributed by atoms with van der Waals surface area (Å²) in [5, 5.41) is 5.09. The van der Waals surface area contributed by atoms with Crippen molar-refractivity contribution in [3.05, 3.63) is 42.5 Å². The molecule has 0 aromatic heterocycles. The van der Waals surface area contributed by atoms with Gasteiger partial charge in [0.05, 0.1) is 6.10 Å². The highest BCUT2D eigenvalue weighted by atomic mass is 16.5. The predicted octanol–water partition coefficient (Wildman–Crippen LogP) is 3.29. The van der Waals surface area contributed by atoms with Crippen molar-refractivity contribution in [1.82, 2.24) is 5.32 Å². The third-order valence-electron chi connectivity index (χ3n) is 4.21. The molecule has 0 radical (unpaired) electrons. The number of hydrogen-bond acceptors (Lipinski definition) is 3. The maximum Gasteiger partial charge on any atom is 0.261 e. The minimum Gasteiger partial charge on any atom is -0.480 e.